The summed E-state index contributed by atoms with van der Waals surface area (Å²) in [5.74, 6) is -0.614. The molecule has 1 aliphatic heterocycles. The zero-order chi connectivity index (χ0) is 21.8. The number of carbonyl (C=O) groups excluding carboxylic acids is 2. The standard InChI is InChI=1S/C22H21N5O4/c1-27-8-7-22(30,21(27)29)18-11-17(26-31-18)14-4-2-3-13(9-14)16-10-15(12-5-6-12)24-20(25-16)19(23)28/h2-4,9-12,30H,5-8H2,1H3,(H2,23,28)/t22-/m1/s1. The fourth-order valence-electron chi connectivity index (χ4n) is 3.84. The van der Waals surface area contributed by atoms with E-state index >= 15 is 0 Å². The molecule has 0 unspecified atom stereocenters. The predicted octanol–water partition coefficient (Wildman–Crippen LogP) is 1.82. The molecule has 5 rings (SSSR count). The fraction of sp³-hybridized carbons (Fsp3) is 0.318. The Morgan fingerprint density at radius 1 is 1.19 bits per heavy atom. The largest absolute Gasteiger partial charge is 0.373 e. The minimum atomic E-state index is -1.69. The first-order valence-electron chi connectivity index (χ1n) is 10.1. The van der Waals surface area contributed by atoms with E-state index < -0.39 is 17.4 Å². The van der Waals surface area contributed by atoms with Gasteiger partial charge in [0.15, 0.2) is 5.76 Å². The van der Waals surface area contributed by atoms with Crippen LogP contribution in [-0.4, -0.2) is 50.5 Å². The summed E-state index contributed by atoms with van der Waals surface area (Å²) in [5, 5.41) is 14.8. The van der Waals surface area contributed by atoms with Crippen molar-refractivity contribution in [3.8, 4) is 22.5 Å². The first-order valence-corrected chi connectivity index (χ1v) is 10.1. The number of hydrogen-bond donors (Lipinski definition) is 2. The van der Waals surface area contributed by atoms with Crippen LogP contribution < -0.4 is 5.73 Å². The second kappa shape index (κ2) is 6.98. The number of benzene rings is 1. The van der Waals surface area contributed by atoms with Crippen LogP contribution in [0.5, 0.6) is 0 Å². The van der Waals surface area contributed by atoms with Gasteiger partial charge in [-0.2, -0.15) is 0 Å². The molecule has 0 radical (unpaired) electrons. The maximum Gasteiger partial charge on any atom is 0.286 e. The summed E-state index contributed by atoms with van der Waals surface area (Å²) in [6, 6.07) is 10.9. The summed E-state index contributed by atoms with van der Waals surface area (Å²) < 4.78 is 5.35. The Labute approximate surface area is 177 Å². The smallest absolute Gasteiger partial charge is 0.286 e. The zero-order valence-electron chi connectivity index (χ0n) is 16.9. The third kappa shape index (κ3) is 3.36. The number of primary amides is 1. The van der Waals surface area contributed by atoms with Gasteiger partial charge in [0.05, 0.1) is 5.69 Å². The molecule has 2 amide bonds. The number of aliphatic hydroxyl groups is 1. The Bertz CT molecular complexity index is 1200. The molecule has 1 aliphatic carbocycles. The molecule has 0 bridgehead atoms. The summed E-state index contributed by atoms with van der Waals surface area (Å²) in [6.07, 6.45) is 2.32. The monoisotopic (exact) mass is 419 g/mol. The van der Waals surface area contributed by atoms with Crippen LogP contribution in [0.15, 0.2) is 40.9 Å². The van der Waals surface area contributed by atoms with Gasteiger partial charge in [0, 0.05) is 48.8 Å². The number of hydrogen-bond acceptors (Lipinski definition) is 7. The number of likely N-dealkylation sites (N-methyl/N-ethyl adjacent to an activating group) is 1. The molecule has 9 nitrogen and oxygen atoms in total. The van der Waals surface area contributed by atoms with Crippen LogP contribution >= 0.6 is 0 Å². The average Bonchev–Trinajstić information content (AvgIpc) is 3.45. The quantitative estimate of drug-likeness (QED) is 0.644. The van der Waals surface area contributed by atoms with E-state index in [4.69, 9.17) is 10.3 Å². The van der Waals surface area contributed by atoms with Gasteiger partial charge in [-0.05, 0) is 25.0 Å². The van der Waals surface area contributed by atoms with E-state index in [0.717, 1.165) is 29.7 Å². The molecule has 1 saturated carbocycles. The van der Waals surface area contributed by atoms with Gasteiger partial charge < -0.3 is 20.3 Å². The lowest BCUT2D eigenvalue weighted by molar-refractivity contribution is -0.144. The van der Waals surface area contributed by atoms with E-state index in [1.54, 1.807) is 13.1 Å². The van der Waals surface area contributed by atoms with E-state index in [1.807, 2.05) is 30.3 Å². The third-order valence-electron chi connectivity index (χ3n) is 5.84. The molecule has 3 heterocycles. The van der Waals surface area contributed by atoms with Gasteiger partial charge in [-0.3, -0.25) is 9.59 Å². The molecular weight excluding hydrogens is 398 g/mol. The number of likely N-dealkylation sites (tertiary alicyclic amines) is 1. The minimum Gasteiger partial charge on any atom is -0.373 e. The van der Waals surface area contributed by atoms with Crippen molar-refractivity contribution in [2.75, 3.05) is 13.6 Å². The first-order chi connectivity index (χ1) is 14.8. The topological polar surface area (TPSA) is 135 Å². The molecule has 31 heavy (non-hydrogen) atoms. The highest BCUT2D eigenvalue weighted by molar-refractivity contribution is 5.89. The molecule has 9 heteroatoms. The highest BCUT2D eigenvalue weighted by Crippen LogP contribution is 2.40. The van der Waals surface area contributed by atoms with Crippen LogP contribution in [0.25, 0.3) is 22.5 Å². The number of aromatic nitrogens is 3. The van der Waals surface area contributed by atoms with E-state index in [9.17, 15) is 14.7 Å². The highest BCUT2D eigenvalue weighted by atomic mass is 16.5. The number of carbonyl (C=O) groups is 2. The molecule has 1 aromatic carbocycles. The molecule has 0 spiro atoms. The van der Waals surface area contributed by atoms with Crippen LogP contribution in [0.2, 0.25) is 0 Å². The zero-order valence-corrected chi connectivity index (χ0v) is 16.9. The Balaban J connectivity index is 1.50. The van der Waals surface area contributed by atoms with Crippen LogP contribution in [0, 0.1) is 0 Å². The Hall–Kier alpha value is -3.59. The normalized spacial score (nSPS) is 21.0. The van der Waals surface area contributed by atoms with E-state index in [2.05, 4.69) is 15.1 Å². The maximum absolute atomic E-state index is 12.3. The lowest BCUT2D eigenvalue weighted by atomic mass is 9.97. The Morgan fingerprint density at radius 2 is 1.94 bits per heavy atom. The van der Waals surface area contributed by atoms with E-state index in [1.165, 1.54) is 4.90 Å². The summed E-state index contributed by atoms with van der Waals surface area (Å²) in [4.78, 5) is 34.1. The molecule has 158 valence electrons. The summed E-state index contributed by atoms with van der Waals surface area (Å²) in [5.41, 5.74) is 7.13. The molecule has 1 atom stereocenters. The van der Waals surface area contributed by atoms with Crippen LogP contribution in [0.3, 0.4) is 0 Å². The van der Waals surface area contributed by atoms with Gasteiger partial charge in [0.1, 0.15) is 5.69 Å². The van der Waals surface area contributed by atoms with Crippen molar-refractivity contribution in [3.05, 3.63) is 53.7 Å². The van der Waals surface area contributed by atoms with Crippen molar-refractivity contribution in [1.82, 2.24) is 20.0 Å². The van der Waals surface area contributed by atoms with Crippen molar-refractivity contribution < 1.29 is 19.2 Å². The molecule has 2 fully saturated rings. The average molecular weight is 419 g/mol. The lowest BCUT2D eigenvalue weighted by Crippen LogP contribution is -2.35. The molecular formula is C22H21N5O4. The van der Waals surface area contributed by atoms with Gasteiger partial charge in [-0.25, -0.2) is 9.97 Å². The second-order valence-corrected chi connectivity index (χ2v) is 8.13. The van der Waals surface area contributed by atoms with Crippen molar-refractivity contribution in [2.24, 2.45) is 5.73 Å². The molecule has 1 saturated heterocycles. The molecule has 2 aliphatic rings. The van der Waals surface area contributed by atoms with Gasteiger partial charge in [0.25, 0.3) is 11.8 Å². The summed E-state index contributed by atoms with van der Waals surface area (Å²) >= 11 is 0. The van der Waals surface area contributed by atoms with E-state index in [0.29, 0.717) is 23.9 Å². The van der Waals surface area contributed by atoms with Crippen molar-refractivity contribution in [2.45, 2.75) is 30.8 Å². The number of nitrogens with zero attached hydrogens (tertiary/aromatic N) is 4. The van der Waals surface area contributed by atoms with E-state index in [-0.39, 0.29) is 18.0 Å². The third-order valence-corrected chi connectivity index (χ3v) is 5.84. The number of rotatable bonds is 5. The highest BCUT2D eigenvalue weighted by Gasteiger charge is 2.48. The summed E-state index contributed by atoms with van der Waals surface area (Å²) in [7, 11) is 1.64. The maximum atomic E-state index is 12.3. The van der Waals surface area contributed by atoms with Gasteiger partial charge in [-0.15, -0.1) is 0 Å². The minimum absolute atomic E-state index is 0.000358. The SMILES string of the molecule is CN1CC[C@@](O)(c2cc(-c3cccc(-c4cc(C5CC5)nc(C(N)=O)n4)c3)no2)C1=O. The molecule has 2 aromatic heterocycles. The van der Waals surface area contributed by atoms with Crippen LogP contribution in [0.4, 0.5) is 0 Å². The van der Waals surface area contributed by atoms with Crippen molar-refractivity contribution >= 4 is 11.8 Å². The molecule has 3 N–H and O–H groups in total. The Kier molecular flexibility index (Phi) is 4.37. The van der Waals surface area contributed by atoms with Crippen molar-refractivity contribution in [1.29, 1.82) is 0 Å². The molecule has 3 aromatic rings. The van der Waals surface area contributed by atoms with Gasteiger partial charge >= 0.3 is 0 Å². The lowest BCUT2D eigenvalue weighted by Gasteiger charge is -2.16. The summed E-state index contributed by atoms with van der Waals surface area (Å²) in [6.45, 7) is 0.445. The van der Waals surface area contributed by atoms with Crippen molar-refractivity contribution in [3.63, 3.8) is 0 Å². The van der Waals surface area contributed by atoms with Crippen LogP contribution in [0.1, 0.15) is 47.3 Å². The fourth-order valence-corrected chi connectivity index (χ4v) is 3.84. The van der Waals surface area contributed by atoms with Gasteiger partial charge in [-0.1, -0.05) is 23.4 Å². The number of amides is 2. The van der Waals surface area contributed by atoms with Gasteiger partial charge in [0.2, 0.25) is 11.4 Å². The number of nitrogens with two attached hydrogens (primary N) is 1. The Morgan fingerprint density at radius 3 is 2.58 bits per heavy atom. The van der Waals surface area contributed by atoms with Crippen LogP contribution in [-0.2, 0) is 10.4 Å². The second-order valence-electron chi connectivity index (χ2n) is 8.13. The predicted molar refractivity (Wildman–Crippen MR) is 110 cm³/mol. The first kappa shape index (κ1) is 19.4.